The van der Waals surface area contributed by atoms with Crippen LogP contribution in [0, 0.1) is 31.0 Å². The normalized spacial score (nSPS) is 10.4. The van der Waals surface area contributed by atoms with E-state index in [4.69, 9.17) is 0 Å². The van der Waals surface area contributed by atoms with Gasteiger partial charge in [0, 0.05) is 18.5 Å². The number of fused-ring (bicyclic) bond motifs is 1. The maximum Gasteiger partial charge on any atom is 0.319 e. The largest absolute Gasteiger partial charge is 0.367 e. The second kappa shape index (κ2) is 8.35. The molecule has 0 unspecified atom stereocenters. The number of para-hydroxylation sites is 1. The molecule has 2 amide bonds. The Morgan fingerprint density at radius 3 is 2.71 bits per heavy atom. The van der Waals surface area contributed by atoms with Crippen LogP contribution in [0.3, 0.4) is 0 Å². The summed E-state index contributed by atoms with van der Waals surface area (Å²) in [5.41, 5.74) is 3.53. The maximum atomic E-state index is 13.5. The van der Waals surface area contributed by atoms with E-state index >= 15 is 0 Å². The lowest BCUT2D eigenvalue weighted by Crippen LogP contribution is -2.33. The summed E-state index contributed by atoms with van der Waals surface area (Å²) >= 11 is 0. The molecule has 1 heterocycles. The Morgan fingerprint density at radius 1 is 1.18 bits per heavy atom. The number of nitrogens with one attached hydrogen (secondary N) is 3. The fourth-order valence-corrected chi connectivity index (χ4v) is 2.96. The smallest absolute Gasteiger partial charge is 0.319 e. The highest BCUT2D eigenvalue weighted by Crippen LogP contribution is 2.24. The number of aromatic nitrogens is 1. The van der Waals surface area contributed by atoms with Gasteiger partial charge in [-0.15, -0.1) is 0 Å². The molecule has 0 saturated carbocycles. The zero-order valence-electron chi connectivity index (χ0n) is 15.6. The molecule has 3 rings (SSSR count). The number of pyridine rings is 1. The van der Waals surface area contributed by atoms with E-state index in [1.54, 1.807) is 12.1 Å². The first-order valence-corrected chi connectivity index (χ1v) is 8.83. The number of hydrogen-bond donors (Lipinski definition) is 3. The summed E-state index contributed by atoms with van der Waals surface area (Å²) in [5, 5.41) is 18.5. The van der Waals surface area contributed by atoms with Crippen molar-refractivity contribution >= 4 is 28.4 Å². The van der Waals surface area contributed by atoms with Gasteiger partial charge >= 0.3 is 6.03 Å². The van der Waals surface area contributed by atoms with E-state index in [2.05, 4.69) is 27.0 Å². The molecule has 0 aliphatic carbocycles. The van der Waals surface area contributed by atoms with Gasteiger partial charge in [0.1, 0.15) is 17.7 Å². The van der Waals surface area contributed by atoms with Gasteiger partial charge in [0.05, 0.1) is 16.8 Å². The van der Waals surface area contributed by atoms with E-state index in [1.807, 2.05) is 32.0 Å². The standard InChI is InChI=1S/C21H20FN5O/c1-13-9-14(2)19-15(10-13)11-16(12-23)20(27-19)24-7-8-25-21(28)26-18-6-4-3-5-17(18)22/h3-6,9-11H,7-8H2,1-2H3,(H,24,27)(H2,25,26,28). The van der Waals surface area contributed by atoms with E-state index < -0.39 is 11.8 Å². The third-order valence-corrected chi connectivity index (χ3v) is 4.20. The van der Waals surface area contributed by atoms with E-state index in [-0.39, 0.29) is 12.2 Å². The zero-order valence-corrected chi connectivity index (χ0v) is 15.6. The summed E-state index contributed by atoms with van der Waals surface area (Å²) in [6, 6.07) is 13.4. The Hall–Kier alpha value is -3.66. The van der Waals surface area contributed by atoms with Crippen LogP contribution in [0.25, 0.3) is 10.9 Å². The molecule has 28 heavy (non-hydrogen) atoms. The average molecular weight is 377 g/mol. The Bertz CT molecular complexity index is 1070. The molecule has 0 spiro atoms. The fourth-order valence-electron chi connectivity index (χ4n) is 2.96. The lowest BCUT2D eigenvalue weighted by atomic mass is 10.1. The first-order valence-electron chi connectivity index (χ1n) is 8.83. The molecular formula is C21H20FN5O. The molecule has 0 atom stereocenters. The van der Waals surface area contributed by atoms with E-state index in [9.17, 15) is 14.4 Å². The van der Waals surface area contributed by atoms with E-state index in [1.165, 1.54) is 12.1 Å². The number of hydrogen-bond acceptors (Lipinski definition) is 4. The number of carbonyl (C=O) groups excluding carboxylic acids is 1. The second-order valence-electron chi connectivity index (χ2n) is 6.44. The monoisotopic (exact) mass is 377 g/mol. The van der Waals surface area contributed by atoms with E-state index in [0.717, 1.165) is 22.0 Å². The molecule has 7 heteroatoms. The van der Waals surface area contributed by atoms with Crippen molar-refractivity contribution in [1.82, 2.24) is 10.3 Å². The molecule has 0 aliphatic rings. The fraction of sp³-hybridized carbons (Fsp3) is 0.190. The number of halogens is 1. The van der Waals surface area contributed by atoms with Crippen LogP contribution in [-0.4, -0.2) is 24.1 Å². The highest BCUT2D eigenvalue weighted by Gasteiger charge is 2.09. The number of nitrogens with zero attached hydrogens (tertiary/aromatic N) is 2. The molecular weight excluding hydrogens is 357 g/mol. The summed E-state index contributed by atoms with van der Waals surface area (Å²) in [6.45, 7) is 4.62. The van der Waals surface area contributed by atoms with Crippen molar-refractivity contribution in [2.45, 2.75) is 13.8 Å². The van der Waals surface area contributed by atoms with Gasteiger partial charge in [0.2, 0.25) is 0 Å². The molecule has 2 aromatic carbocycles. The van der Waals surface area contributed by atoms with Gasteiger partial charge in [-0.25, -0.2) is 14.2 Å². The van der Waals surface area contributed by atoms with Crippen LogP contribution >= 0.6 is 0 Å². The number of anilines is 2. The van der Waals surface area contributed by atoms with Gasteiger partial charge in [0.25, 0.3) is 0 Å². The second-order valence-corrected chi connectivity index (χ2v) is 6.44. The number of urea groups is 1. The van der Waals surface area contributed by atoms with Crippen molar-refractivity contribution in [3.05, 3.63) is 65.0 Å². The Balaban J connectivity index is 1.61. The van der Waals surface area contributed by atoms with Gasteiger partial charge in [0.15, 0.2) is 0 Å². The van der Waals surface area contributed by atoms with E-state index in [0.29, 0.717) is 17.9 Å². The summed E-state index contributed by atoms with van der Waals surface area (Å²) in [6.07, 6.45) is 0. The van der Waals surface area contributed by atoms with Crippen molar-refractivity contribution in [3.8, 4) is 6.07 Å². The predicted molar refractivity (Wildman–Crippen MR) is 108 cm³/mol. The lowest BCUT2D eigenvalue weighted by Gasteiger charge is -2.12. The first-order chi connectivity index (χ1) is 13.5. The lowest BCUT2D eigenvalue weighted by molar-refractivity contribution is 0.252. The topological polar surface area (TPSA) is 89.8 Å². The summed E-state index contributed by atoms with van der Waals surface area (Å²) in [7, 11) is 0. The predicted octanol–water partition coefficient (Wildman–Crippen LogP) is 4.10. The Kier molecular flexibility index (Phi) is 5.70. The first kappa shape index (κ1) is 19.1. The third-order valence-electron chi connectivity index (χ3n) is 4.20. The van der Waals surface area contributed by atoms with Crippen LogP contribution in [0.2, 0.25) is 0 Å². The SMILES string of the molecule is Cc1cc(C)c2nc(NCCNC(=O)Nc3ccccc3F)c(C#N)cc2c1. The van der Waals surface area contributed by atoms with Crippen molar-refractivity contribution in [2.75, 3.05) is 23.7 Å². The van der Waals surface area contributed by atoms with Gasteiger partial charge in [-0.3, -0.25) is 0 Å². The number of aryl methyl sites for hydroxylation is 2. The highest BCUT2D eigenvalue weighted by atomic mass is 19.1. The van der Waals surface area contributed by atoms with Crippen LogP contribution in [0.1, 0.15) is 16.7 Å². The quantitative estimate of drug-likeness (QED) is 0.584. The summed E-state index contributed by atoms with van der Waals surface area (Å²) < 4.78 is 13.5. The minimum Gasteiger partial charge on any atom is -0.367 e. The minimum atomic E-state index is -0.509. The van der Waals surface area contributed by atoms with Crippen molar-refractivity contribution < 1.29 is 9.18 Å². The molecule has 6 nitrogen and oxygen atoms in total. The number of carbonyl (C=O) groups is 1. The number of rotatable bonds is 5. The molecule has 0 bridgehead atoms. The van der Waals surface area contributed by atoms with Crippen LogP contribution in [-0.2, 0) is 0 Å². The molecule has 0 saturated heterocycles. The van der Waals surface area contributed by atoms with Crippen LogP contribution in [0.15, 0.2) is 42.5 Å². The Morgan fingerprint density at radius 2 is 1.96 bits per heavy atom. The van der Waals surface area contributed by atoms with Crippen LogP contribution < -0.4 is 16.0 Å². The van der Waals surface area contributed by atoms with Crippen molar-refractivity contribution in [2.24, 2.45) is 0 Å². The van der Waals surface area contributed by atoms with Gasteiger partial charge in [-0.05, 0) is 43.7 Å². The minimum absolute atomic E-state index is 0.113. The van der Waals surface area contributed by atoms with Crippen LogP contribution in [0.5, 0.6) is 0 Å². The average Bonchev–Trinajstić information content (AvgIpc) is 2.66. The molecule has 3 N–H and O–H groups in total. The third kappa shape index (κ3) is 4.35. The number of benzene rings is 2. The number of nitriles is 1. The molecule has 0 radical (unpaired) electrons. The highest BCUT2D eigenvalue weighted by molar-refractivity contribution is 5.89. The van der Waals surface area contributed by atoms with Crippen molar-refractivity contribution in [1.29, 1.82) is 5.26 Å². The van der Waals surface area contributed by atoms with Gasteiger partial charge in [-0.1, -0.05) is 23.8 Å². The Labute approximate surface area is 162 Å². The summed E-state index contributed by atoms with van der Waals surface area (Å²) in [4.78, 5) is 16.4. The number of amides is 2. The summed E-state index contributed by atoms with van der Waals surface area (Å²) in [5.74, 6) is -0.0290. The van der Waals surface area contributed by atoms with Gasteiger partial charge < -0.3 is 16.0 Å². The molecule has 3 aromatic rings. The molecule has 142 valence electrons. The zero-order chi connectivity index (χ0) is 20.1. The van der Waals surface area contributed by atoms with Crippen LogP contribution in [0.4, 0.5) is 20.7 Å². The molecule has 0 aliphatic heterocycles. The van der Waals surface area contributed by atoms with Crippen molar-refractivity contribution in [3.63, 3.8) is 0 Å². The van der Waals surface area contributed by atoms with Gasteiger partial charge in [-0.2, -0.15) is 5.26 Å². The maximum absolute atomic E-state index is 13.5. The molecule has 0 fully saturated rings. The molecule has 1 aromatic heterocycles.